The minimum Gasteiger partial charge on any atom is -0.388 e. The molecule has 0 aromatic rings. The molecule has 0 aliphatic carbocycles. The van der Waals surface area contributed by atoms with Crippen molar-refractivity contribution in [2.24, 2.45) is 5.11 Å². The lowest BCUT2D eigenvalue weighted by atomic mass is 9.99. The smallest absolute Gasteiger partial charge is 0.183 e. The molecule has 0 radical (unpaired) electrons. The number of nitrogens with zero attached hydrogens (tertiary/aromatic N) is 3. The molecule has 1 aliphatic rings. The highest BCUT2D eigenvalue weighted by Gasteiger charge is 2.42. The molecule has 14 heavy (non-hydrogen) atoms. The van der Waals surface area contributed by atoms with E-state index in [1.165, 1.54) is 0 Å². The molecular formula is C6H11N3O5. The fourth-order valence-corrected chi connectivity index (χ4v) is 1.20. The van der Waals surface area contributed by atoms with E-state index in [0.717, 1.165) is 0 Å². The maximum absolute atomic E-state index is 9.32. The first-order valence-electron chi connectivity index (χ1n) is 3.96. The number of ether oxygens (including phenoxy) is 1. The molecule has 0 saturated carbocycles. The van der Waals surface area contributed by atoms with Gasteiger partial charge in [-0.1, -0.05) is 5.11 Å². The standard InChI is InChI=1S/C6H11N3O5/c7-9-8-1-2-3(10)4(11)5(12)6(13)14-2/h2-6,10-13H,1H2/t2-,3-,4+,5-,6-/m1/s1. The van der Waals surface area contributed by atoms with Crippen LogP contribution in [0.3, 0.4) is 0 Å². The number of hydrogen-bond donors (Lipinski definition) is 4. The second-order valence-electron chi connectivity index (χ2n) is 2.95. The van der Waals surface area contributed by atoms with Crippen LogP contribution in [0.25, 0.3) is 10.4 Å². The van der Waals surface area contributed by atoms with Crippen LogP contribution in [-0.2, 0) is 4.74 Å². The number of azide groups is 1. The first kappa shape index (κ1) is 11.2. The Morgan fingerprint density at radius 1 is 1.14 bits per heavy atom. The monoisotopic (exact) mass is 205 g/mol. The van der Waals surface area contributed by atoms with E-state index in [9.17, 15) is 10.2 Å². The molecule has 1 aliphatic heterocycles. The van der Waals surface area contributed by atoms with Gasteiger partial charge in [0.25, 0.3) is 0 Å². The number of hydrogen-bond acceptors (Lipinski definition) is 6. The van der Waals surface area contributed by atoms with E-state index in [1.54, 1.807) is 0 Å². The fraction of sp³-hybridized carbons (Fsp3) is 1.00. The van der Waals surface area contributed by atoms with E-state index in [2.05, 4.69) is 10.0 Å². The van der Waals surface area contributed by atoms with Gasteiger partial charge in [0.15, 0.2) is 6.29 Å². The van der Waals surface area contributed by atoms with E-state index >= 15 is 0 Å². The zero-order valence-electron chi connectivity index (χ0n) is 7.13. The Kier molecular flexibility index (Phi) is 3.64. The minimum atomic E-state index is -1.59. The fourth-order valence-electron chi connectivity index (χ4n) is 1.20. The molecule has 0 spiro atoms. The lowest BCUT2D eigenvalue weighted by molar-refractivity contribution is -0.279. The third kappa shape index (κ3) is 2.13. The summed E-state index contributed by atoms with van der Waals surface area (Å²) in [4.78, 5) is 2.44. The Bertz CT molecular complexity index is 244. The summed E-state index contributed by atoms with van der Waals surface area (Å²) in [6, 6.07) is 0. The number of aliphatic hydroxyl groups is 4. The largest absolute Gasteiger partial charge is 0.388 e. The van der Waals surface area contributed by atoms with Crippen molar-refractivity contribution in [2.75, 3.05) is 6.54 Å². The van der Waals surface area contributed by atoms with E-state index in [0.29, 0.717) is 0 Å². The predicted molar refractivity (Wildman–Crippen MR) is 42.9 cm³/mol. The number of aliphatic hydroxyl groups excluding tert-OH is 4. The third-order valence-electron chi connectivity index (χ3n) is 2.01. The van der Waals surface area contributed by atoms with Crippen molar-refractivity contribution >= 4 is 0 Å². The van der Waals surface area contributed by atoms with Gasteiger partial charge in [-0.2, -0.15) is 0 Å². The quantitative estimate of drug-likeness (QED) is 0.237. The SMILES string of the molecule is [N-]=[N+]=NC[C@H]1O[C@@H](O)[C@H](O)[C@@H](O)[C@@H]1O. The molecule has 1 saturated heterocycles. The van der Waals surface area contributed by atoms with Gasteiger partial charge in [0.05, 0.1) is 12.6 Å². The molecule has 0 bridgehead atoms. The molecule has 1 fully saturated rings. The van der Waals surface area contributed by atoms with Gasteiger partial charge in [-0.25, -0.2) is 0 Å². The summed E-state index contributed by atoms with van der Waals surface area (Å²) in [5, 5.41) is 39.8. The number of rotatable bonds is 2. The highest BCUT2D eigenvalue weighted by Crippen LogP contribution is 2.19. The van der Waals surface area contributed by atoms with Crippen LogP contribution in [0.2, 0.25) is 0 Å². The molecule has 0 aromatic heterocycles. The predicted octanol–water partition coefficient (Wildman–Crippen LogP) is -1.90. The van der Waals surface area contributed by atoms with Gasteiger partial charge in [-0.05, 0) is 5.53 Å². The molecule has 1 rings (SSSR count). The molecule has 8 heteroatoms. The van der Waals surface area contributed by atoms with Gasteiger partial charge in [-0.3, -0.25) is 0 Å². The minimum absolute atomic E-state index is 0.224. The Morgan fingerprint density at radius 3 is 2.36 bits per heavy atom. The molecule has 4 N–H and O–H groups in total. The first-order valence-corrected chi connectivity index (χ1v) is 3.96. The van der Waals surface area contributed by atoms with Crippen LogP contribution >= 0.6 is 0 Å². The van der Waals surface area contributed by atoms with Gasteiger partial charge in [0, 0.05) is 4.91 Å². The van der Waals surface area contributed by atoms with Crippen LogP contribution in [0.4, 0.5) is 0 Å². The maximum Gasteiger partial charge on any atom is 0.183 e. The Morgan fingerprint density at radius 2 is 1.79 bits per heavy atom. The van der Waals surface area contributed by atoms with E-state index < -0.39 is 30.7 Å². The zero-order chi connectivity index (χ0) is 10.7. The van der Waals surface area contributed by atoms with Gasteiger partial charge in [0.1, 0.15) is 18.3 Å². The van der Waals surface area contributed by atoms with E-state index in [1.807, 2.05) is 0 Å². The van der Waals surface area contributed by atoms with Crippen molar-refractivity contribution in [3.8, 4) is 0 Å². The first-order chi connectivity index (χ1) is 6.57. The lowest BCUT2D eigenvalue weighted by Crippen LogP contribution is -2.58. The molecule has 5 atom stereocenters. The van der Waals surface area contributed by atoms with Crippen LogP contribution in [0.15, 0.2) is 5.11 Å². The lowest BCUT2D eigenvalue weighted by Gasteiger charge is -2.37. The molecule has 0 aromatic carbocycles. The Hall–Kier alpha value is -0.890. The van der Waals surface area contributed by atoms with Gasteiger partial charge >= 0.3 is 0 Å². The summed E-state index contributed by atoms with van der Waals surface area (Å²) in [6.45, 7) is -0.224. The van der Waals surface area contributed by atoms with E-state index in [-0.39, 0.29) is 6.54 Å². The average molecular weight is 205 g/mol. The summed E-state index contributed by atoms with van der Waals surface area (Å²) in [5.41, 5.74) is 8.01. The topological polar surface area (TPSA) is 139 Å². The van der Waals surface area contributed by atoms with Crippen LogP contribution in [0.5, 0.6) is 0 Å². The van der Waals surface area contributed by atoms with Crippen LogP contribution < -0.4 is 0 Å². The van der Waals surface area contributed by atoms with Gasteiger partial charge in [0.2, 0.25) is 0 Å². The van der Waals surface area contributed by atoms with Crippen molar-refractivity contribution in [3.63, 3.8) is 0 Å². The summed E-state index contributed by atoms with van der Waals surface area (Å²) in [6.07, 6.45) is -7.07. The molecule has 0 unspecified atom stereocenters. The van der Waals surface area contributed by atoms with E-state index in [4.69, 9.17) is 20.5 Å². The van der Waals surface area contributed by atoms with Crippen LogP contribution in [0.1, 0.15) is 0 Å². The van der Waals surface area contributed by atoms with Crippen LogP contribution in [0, 0.1) is 0 Å². The summed E-state index contributed by atoms with van der Waals surface area (Å²) in [7, 11) is 0. The Balaban J connectivity index is 2.64. The van der Waals surface area contributed by atoms with Crippen molar-refractivity contribution in [3.05, 3.63) is 10.4 Å². The summed E-state index contributed by atoms with van der Waals surface area (Å²) in [5.74, 6) is 0. The molecule has 80 valence electrons. The Labute approximate surface area is 79.0 Å². The second kappa shape index (κ2) is 4.56. The highest BCUT2D eigenvalue weighted by molar-refractivity contribution is 4.89. The third-order valence-corrected chi connectivity index (χ3v) is 2.01. The molecule has 0 amide bonds. The summed E-state index contributed by atoms with van der Waals surface area (Å²) >= 11 is 0. The average Bonchev–Trinajstić information content (AvgIpc) is 2.18. The van der Waals surface area contributed by atoms with Gasteiger partial charge in [-0.15, -0.1) is 0 Å². The zero-order valence-corrected chi connectivity index (χ0v) is 7.13. The van der Waals surface area contributed by atoms with Crippen molar-refractivity contribution in [2.45, 2.75) is 30.7 Å². The van der Waals surface area contributed by atoms with Crippen molar-refractivity contribution in [1.29, 1.82) is 0 Å². The van der Waals surface area contributed by atoms with Crippen molar-refractivity contribution in [1.82, 2.24) is 0 Å². The molecule has 8 nitrogen and oxygen atoms in total. The van der Waals surface area contributed by atoms with Gasteiger partial charge < -0.3 is 25.2 Å². The second-order valence-corrected chi connectivity index (χ2v) is 2.95. The highest BCUT2D eigenvalue weighted by atomic mass is 16.6. The summed E-state index contributed by atoms with van der Waals surface area (Å²) < 4.78 is 4.71. The normalized spacial score (nSPS) is 43.0. The van der Waals surface area contributed by atoms with Crippen molar-refractivity contribution < 1.29 is 25.2 Å². The van der Waals surface area contributed by atoms with Crippen LogP contribution in [-0.4, -0.2) is 57.7 Å². The molecular weight excluding hydrogens is 194 g/mol. The molecule has 1 heterocycles. The maximum atomic E-state index is 9.32.